The van der Waals surface area contributed by atoms with E-state index in [1.807, 2.05) is 31.2 Å². The van der Waals surface area contributed by atoms with Gasteiger partial charge in [0.1, 0.15) is 0 Å². The highest BCUT2D eigenvalue weighted by Gasteiger charge is 2.07. The number of rotatable bonds is 4. The topological polar surface area (TPSA) is 44.5 Å². The smallest absolute Gasteiger partial charge is 0.163 e. The van der Waals surface area contributed by atoms with Crippen molar-refractivity contribution < 1.29 is 9.47 Å². The Kier molecular flexibility index (Phi) is 4.18. The van der Waals surface area contributed by atoms with E-state index in [2.05, 4.69) is 0 Å². The molecule has 1 aromatic carbocycles. The molecule has 0 heterocycles. The second kappa shape index (κ2) is 5.41. The third-order valence-electron chi connectivity index (χ3n) is 2.13. The molecule has 3 heteroatoms. The third-order valence-corrected chi connectivity index (χ3v) is 2.13. The molecule has 0 saturated heterocycles. The SMILES string of the molecule is COc1cc(/C=C/CN)cc(C)c1OC. The highest BCUT2D eigenvalue weighted by atomic mass is 16.5. The van der Waals surface area contributed by atoms with Crippen LogP contribution in [0.2, 0.25) is 0 Å². The summed E-state index contributed by atoms with van der Waals surface area (Å²) >= 11 is 0. The lowest BCUT2D eigenvalue weighted by Crippen LogP contribution is -1.95. The zero-order chi connectivity index (χ0) is 11.3. The quantitative estimate of drug-likeness (QED) is 0.821. The van der Waals surface area contributed by atoms with Gasteiger partial charge in [0.25, 0.3) is 0 Å². The fraction of sp³-hybridized carbons (Fsp3) is 0.333. The summed E-state index contributed by atoms with van der Waals surface area (Å²) in [5, 5.41) is 0. The maximum Gasteiger partial charge on any atom is 0.163 e. The van der Waals surface area contributed by atoms with Gasteiger partial charge in [-0.05, 0) is 30.2 Å². The van der Waals surface area contributed by atoms with Crippen LogP contribution in [-0.2, 0) is 0 Å². The summed E-state index contributed by atoms with van der Waals surface area (Å²) in [4.78, 5) is 0. The molecule has 3 nitrogen and oxygen atoms in total. The van der Waals surface area contributed by atoms with Gasteiger partial charge in [-0.1, -0.05) is 12.2 Å². The Labute approximate surface area is 90.5 Å². The van der Waals surface area contributed by atoms with E-state index in [0.717, 1.165) is 22.6 Å². The molecule has 0 aromatic heterocycles. The van der Waals surface area contributed by atoms with Gasteiger partial charge in [0.05, 0.1) is 14.2 Å². The van der Waals surface area contributed by atoms with Gasteiger partial charge in [0.2, 0.25) is 0 Å². The van der Waals surface area contributed by atoms with E-state index in [0.29, 0.717) is 6.54 Å². The van der Waals surface area contributed by atoms with Gasteiger partial charge < -0.3 is 15.2 Å². The lowest BCUT2D eigenvalue weighted by Gasteiger charge is -2.11. The van der Waals surface area contributed by atoms with Crippen LogP contribution in [0.4, 0.5) is 0 Å². The molecule has 0 bridgehead atoms. The van der Waals surface area contributed by atoms with E-state index < -0.39 is 0 Å². The van der Waals surface area contributed by atoms with Gasteiger partial charge in [-0.3, -0.25) is 0 Å². The number of ether oxygens (including phenoxy) is 2. The van der Waals surface area contributed by atoms with Crippen molar-refractivity contribution >= 4 is 6.08 Å². The lowest BCUT2D eigenvalue weighted by atomic mass is 10.1. The third kappa shape index (κ3) is 2.73. The van der Waals surface area contributed by atoms with E-state index in [1.165, 1.54) is 0 Å². The molecular formula is C12H17NO2. The Morgan fingerprint density at radius 3 is 2.53 bits per heavy atom. The van der Waals surface area contributed by atoms with E-state index in [4.69, 9.17) is 15.2 Å². The normalized spacial score (nSPS) is 10.7. The van der Waals surface area contributed by atoms with Crippen LogP contribution in [0.25, 0.3) is 6.08 Å². The zero-order valence-corrected chi connectivity index (χ0v) is 9.41. The van der Waals surface area contributed by atoms with Gasteiger partial charge in [0.15, 0.2) is 11.5 Å². The van der Waals surface area contributed by atoms with E-state index in [-0.39, 0.29) is 0 Å². The standard InChI is InChI=1S/C12H17NO2/c1-9-7-10(5-4-6-13)8-11(14-2)12(9)15-3/h4-5,7-8H,6,13H2,1-3H3/b5-4+. The molecular weight excluding hydrogens is 190 g/mol. The van der Waals surface area contributed by atoms with Crippen LogP contribution in [0.15, 0.2) is 18.2 Å². The van der Waals surface area contributed by atoms with Crippen molar-refractivity contribution in [2.24, 2.45) is 5.73 Å². The lowest BCUT2D eigenvalue weighted by molar-refractivity contribution is 0.353. The first-order valence-electron chi connectivity index (χ1n) is 4.82. The summed E-state index contributed by atoms with van der Waals surface area (Å²) in [7, 11) is 3.27. The van der Waals surface area contributed by atoms with Crippen molar-refractivity contribution in [1.82, 2.24) is 0 Å². The highest BCUT2D eigenvalue weighted by Crippen LogP contribution is 2.32. The first kappa shape index (κ1) is 11.6. The first-order valence-corrected chi connectivity index (χ1v) is 4.82. The Bertz CT molecular complexity index is 359. The highest BCUT2D eigenvalue weighted by molar-refractivity contribution is 5.59. The molecule has 1 rings (SSSR count). The minimum absolute atomic E-state index is 0.535. The van der Waals surface area contributed by atoms with Crippen molar-refractivity contribution in [3.63, 3.8) is 0 Å². The number of hydrogen-bond acceptors (Lipinski definition) is 3. The van der Waals surface area contributed by atoms with E-state index in [9.17, 15) is 0 Å². The summed E-state index contributed by atoms with van der Waals surface area (Å²) in [6.07, 6.45) is 3.87. The molecule has 0 aliphatic heterocycles. The average molecular weight is 207 g/mol. The maximum atomic E-state index is 5.40. The fourth-order valence-corrected chi connectivity index (χ4v) is 1.48. The van der Waals surface area contributed by atoms with Crippen molar-refractivity contribution in [2.75, 3.05) is 20.8 Å². The molecule has 15 heavy (non-hydrogen) atoms. The monoisotopic (exact) mass is 207 g/mol. The maximum absolute atomic E-state index is 5.40. The summed E-state index contributed by atoms with van der Waals surface area (Å²) in [5.41, 5.74) is 7.51. The zero-order valence-electron chi connectivity index (χ0n) is 9.41. The molecule has 0 spiro atoms. The average Bonchev–Trinajstić information content (AvgIpc) is 2.25. The Morgan fingerprint density at radius 1 is 1.27 bits per heavy atom. The second-order valence-corrected chi connectivity index (χ2v) is 3.21. The fourth-order valence-electron chi connectivity index (χ4n) is 1.48. The van der Waals surface area contributed by atoms with Gasteiger partial charge in [0, 0.05) is 6.54 Å². The second-order valence-electron chi connectivity index (χ2n) is 3.21. The number of nitrogens with two attached hydrogens (primary N) is 1. The predicted molar refractivity (Wildman–Crippen MR) is 62.4 cm³/mol. The molecule has 0 aliphatic rings. The molecule has 0 unspecified atom stereocenters. The number of benzene rings is 1. The molecule has 0 aliphatic carbocycles. The van der Waals surface area contributed by atoms with Gasteiger partial charge in [-0.15, -0.1) is 0 Å². The molecule has 2 N–H and O–H groups in total. The van der Waals surface area contributed by atoms with Crippen LogP contribution < -0.4 is 15.2 Å². The van der Waals surface area contributed by atoms with E-state index in [1.54, 1.807) is 14.2 Å². The van der Waals surface area contributed by atoms with Crippen molar-refractivity contribution in [2.45, 2.75) is 6.92 Å². The van der Waals surface area contributed by atoms with E-state index >= 15 is 0 Å². The van der Waals surface area contributed by atoms with Crippen LogP contribution in [0, 0.1) is 6.92 Å². The van der Waals surface area contributed by atoms with Gasteiger partial charge in [-0.2, -0.15) is 0 Å². The Balaban J connectivity index is 3.13. The molecule has 0 saturated carbocycles. The van der Waals surface area contributed by atoms with Crippen LogP contribution in [-0.4, -0.2) is 20.8 Å². The minimum atomic E-state index is 0.535. The molecule has 0 atom stereocenters. The molecule has 1 aromatic rings. The van der Waals surface area contributed by atoms with Crippen molar-refractivity contribution in [1.29, 1.82) is 0 Å². The molecule has 82 valence electrons. The molecule has 0 radical (unpaired) electrons. The van der Waals surface area contributed by atoms with Crippen LogP contribution >= 0.6 is 0 Å². The van der Waals surface area contributed by atoms with Crippen LogP contribution in [0.3, 0.4) is 0 Å². The molecule has 0 amide bonds. The van der Waals surface area contributed by atoms with Crippen molar-refractivity contribution in [3.05, 3.63) is 29.3 Å². The first-order chi connectivity index (χ1) is 7.22. The van der Waals surface area contributed by atoms with Crippen LogP contribution in [0.1, 0.15) is 11.1 Å². The number of hydrogen-bond donors (Lipinski definition) is 1. The summed E-state index contributed by atoms with van der Waals surface area (Å²) in [6, 6.07) is 3.96. The number of methoxy groups -OCH3 is 2. The Morgan fingerprint density at radius 2 is 2.00 bits per heavy atom. The predicted octanol–water partition coefficient (Wildman–Crippen LogP) is 1.98. The van der Waals surface area contributed by atoms with Crippen molar-refractivity contribution in [3.8, 4) is 11.5 Å². The number of aryl methyl sites for hydroxylation is 1. The summed E-state index contributed by atoms with van der Waals surface area (Å²) < 4.78 is 10.5. The largest absolute Gasteiger partial charge is 0.493 e. The summed E-state index contributed by atoms with van der Waals surface area (Å²) in [5.74, 6) is 1.52. The van der Waals surface area contributed by atoms with Gasteiger partial charge in [-0.25, -0.2) is 0 Å². The van der Waals surface area contributed by atoms with Crippen LogP contribution in [0.5, 0.6) is 11.5 Å². The molecule has 0 fully saturated rings. The minimum Gasteiger partial charge on any atom is -0.493 e. The Hall–Kier alpha value is -1.48. The summed E-state index contributed by atoms with van der Waals surface area (Å²) in [6.45, 7) is 2.52. The van der Waals surface area contributed by atoms with Gasteiger partial charge >= 0.3 is 0 Å².